The van der Waals surface area contributed by atoms with Crippen molar-refractivity contribution in [3.63, 3.8) is 0 Å². The van der Waals surface area contributed by atoms with E-state index in [0.29, 0.717) is 12.1 Å². The van der Waals surface area contributed by atoms with E-state index in [9.17, 15) is 0 Å². The highest BCUT2D eigenvalue weighted by atomic mass is 15.3. The van der Waals surface area contributed by atoms with Crippen LogP contribution < -0.4 is 5.32 Å². The van der Waals surface area contributed by atoms with Gasteiger partial charge < -0.3 is 10.2 Å². The Morgan fingerprint density at radius 3 is 2.64 bits per heavy atom. The molecule has 2 unspecified atom stereocenters. The molecule has 0 radical (unpaired) electrons. The zero-order chi connectivity index (χ0) is 10.6. The van der Waals surface area contributed by atoms with Crippen LogP contribution in [-0.4, -0.2) is 61.7 Å². The fourth-order valence-corrected chi connectivity index (χ4v) is 2.07. The minimum Gasteiger partial charge on any atom is -0.316 e. The zero-order valence-corrected chi connectivity index (χ0v) is 10.1. The predicted octanol–water partition coefficient (Wildman–Crippen LogP) is 0.620. The van der Waals surface area contributed by atoms with E-state index in [-0.39, 0.29) is 0 Å². The van der Waals surface area contributed by atoms with E-state index in [1.807, 2.05) is 7.05 Å². The molecule has 0 aromatic carbocycles. The molecule has 3 heteroatoms. The Bertz CT molecular complexity index is 161. The van der Waals surface area contributed by atoms with Crippen LogP contribution in [0.1, 0.15) is 20.8 Å². The summed E-state index contributed by atoms with van der Waals surface area (Å²) in [6, 6.07) is 1.31. The highest BCUT2D eigenvalue weighted by molar-refractivity contribution is 4.80. The first-order chi connectivity index (χ1) is 6.67. The standard InChI is InChI=1S/C11H25N3/c1-5-13-6-7-14(11(3)9-13)8-10(2)12-4/h10-12H,5-9H2,1-4H3. The Hall–Kier alpha value is -0.120. The zero-order valence-electron chi connectivity index (χ0n) is 10.1. The second-order valence-electron chi connectivity index (χ2n) is 4.43. The van der Waals surface area contributed by atoms with Gasteiger partial charge in [-0.05, 0) is 27.4 Å². The molecule has 0 amide bonds. The largest absolute Gasteiger partial charge is 0.316 e. The van der Waals surface area contributed by atoms with E-state index in [0.717, 1.165) is 0 Å². The maximum atomic E-state index is 3.30. The van der Waals surface area contributed by atoms with Crippen molar-refractivity contribution in [3.8, 4) is 0 Å². The van der Waals surface area contributed by atoms with Gasteiger partial charge in [0.05, 0.1) is 0 Å². The quantitative estimate of drug-likeness (QED) is 0.716. The highest BCUT2D eigenvalue weighted by Crippen LogP contribution is 2.09. The molecule has 0 aliphatic carbocycles. The Morgan fingerprint density at radius 1 is 1.43 bits per heavy atom. The third-order valence-corrected chi connectivity index (χ3v) is 3.30. The fraction of sp³-hybridized carbons (Fsp3) is 1.00. The van der Waals surface area contributed by atoms with Crippen LogP contribution in [0.3, 0.4) is 0 Å². The van der Waals surface area contributed by atoms with Gasteiger partial charge >= 0.3 is 0 Å². The molecule has 1 aliphatic heterocycles. The molecule has 0 bridgehead atoms. The summed E-state index contributed by atoms with van der Waals surface area (Å²) in [6.07, 6.45) is 0. The smallest absolute Gasteiger partial charge is 0.0196 e. The van der Waals surface area contributed by atoms with Crippen LogP contribution in [0.15, 0.2) is 0 Å². The van der Waals surface area contributed by atoms with Crippen LogP contribution in [0.2, 0.25) is 0 Å². The molecule has 2 atom stereocenters. The normalized spacial score (nSPS) is 27.9. The summed E-state index contributed by atoms with van der Waals surface area (Å²) in [5.41, 5.74) is 0. The van der Waals surface area contributed by atoms with Crippen molar-refractivity contribution in [3.05, 3.63) is 0 Å². The Morgan fingerprint density at radius 2 is 2.14 bits per heavy atom. The summed E-state index contributed by atoms with van der Waals surface area (Å²) in [6.45, 7) is 12.9. The molecule has 3 nitrogen and oxygen atoms in total. The van der Waals surface area contributed by atoms with Gasteiger partial charge in [-0.2, -0.15) is 0 Å². The summed E-state index contributed by atoms with van der Waals surface area (Å²) in [7, 11) is 2.04. The molecule has 1 aliphatic rings. The molecule has 1 heterocycles. The van der Waals surface area contributed by atoms with E-state index in [2.05, 4.69) is 35.9 Å². The van der Waals surface area contributed by atoms with E-state index >= 15 is 0 Å². The average molecular weight is 199 g/mol. The maximum Gasteiger partial charge on any atom is 0.0196 e. The molecule has 14 heavy (non-hydrogen) atoms. The monoisotopic (exact) mass is 199 g/mol. The van der Waals surface area contributed by atoms with Crippen molar-refractivity contribution in [1.29, 1.82) is 0 Å². The SMILES string of the molecule is CCN1CCN(CC(C)NC)C(C)C1. The van der Waals surface area contributed by atoms with Crippen LogP contribution in [0.4, 0.5) is 0 Å². The van der Waals surface area contributed by atoms with Crippen LogP contribution in [0, 0.1) is 0 Å². The summed E-state index contributed by atoms with van der Waals surface area (Å²) in [5, 5.41) is 3.30. The van der Waals surface area contributed by atoms with Gasteiger partial charge in [0.2, 0.25) is 0 Å². The molecule has 1 N–H and O–H groups in total. The Labute approximate surface area is 88.5 Å². The average Bonchev–Trinajstić information content (AvgIpc) is 2.20. The molecule has 0 aromatic rings. The van der Waals surface area contributed by atoms with Crippen LogP contribution in [-0.2, 0) is 0 Å². The molecule has 1 fully saturated rings. The number of piperazine rings is 1. The lowest BCUT2D eigenvalue weighted by Crippen LogP contribution is -2.54. The van der Waals surface area contributed by atoms with Crippen molar-refractivity contribution < 1.29 is 0 Å². The fourth-order valence-electron chi connectivity index (χ4n) is 2.07. The lowest BCUT2D eigenvalue weighted by molar-refractivity contribution is 0.0809. The van der Waals surface area contributed by atoms with Gasteiger partial charge in [0.25, 0.3) is 0 Å². The summed E-state index contributed by atoms with van der Waals surface area (Å²) < 4.78 is 0. The third kappa shape index (κ3) is 3.23. The number of hydrogen-bond acceptors (Lipinski definition) is 3. The molecular weight excluding hydrogens is 174 g/mol. The second-order valence-corrected chi connectivity index (χ2v) is 4.43. The minimum absolute atomic E-state index is 0.602. The number of nitrogens with zero attached hydrogens (tertiary/aromatic N) is 2. The predicted molar refractivity (Wildman–Crippen MR) is 61.7 cm³/mol. The maximum absolute atomic E-state index is 3.30. The van der Waals surface area contributed by atoms with Crippen molar-refractivity contribution >= 4 is 0 Å². The van der Waals surface area contributed by atoms with Gasteiger partial charge in [0.1, 0.15) is 0 Å². The van der Waals surface area contributed by atoms with E-state index in [1.54, 1.807) is 0 Å². The lowest BCUT2D eigenvalue weighted by Gasteiger charge is -2.40. The number of rotatable bonds is 4. The van der Waals surface area contributed by atoms with Gasteiger partial charge in [-0.25, -0.2) is 0 Å². The third-order valence-electron chi connectivity index (χ3n) is 3.30. The van der Waals surface area contributed by atoms with E-state index in [1.165, 1.54) is 32.7 Å². The van der Waals surface area contributed by atoms with Gasteiger partial charge in [0, 0.05) is 38.3 Å². The Kier molecular flexibility index (Phi) is 4.85. The number of likely N-dealkylation sites (N-methyl/N-ethyl adjacent to an activating group) is 2. The van der Waals surface area contributed by atoms with E-state index in [4.69, 9.17) is 0 Å². The molecule has 1 rings (SSSR count). The van der Waals surface area contributed by atoms with Crippen molar-refractivity contribution in [2.75, 3.05) is 39.8 Å². The van der Waals surface area contributed by atoms with Crippen LogP contribution in [0.5, 0.6) is 0 Å². The second kappa shape index (κ2) is 5.69. The summed E-state index contributed by atoms with van der Waals surface area (Å²) in [5.74, 6) is 0. The van der Waals surface area contributed by atoms with Crippen molar-refractivity contribution in [2.24, 2.45) is 0 Å². The molecule has 1 saturated heterocycles. The van der Waals surface area contributed by atoms with E-state index < -0.39 is 0 Å². The van der Waals surface area contributed by atoms with Crippen LogP contribution >= 0.6 is 0 Å². The first kappa shape index (κ1) is 12.0. The Balaban J connectivity index is 2.34. The molecular formula is C11H25N3. The van der Waals surface area contributed by atoms with Crippen molar-refractivity contribution in [2.45, 2.75) is 32.9 Å². The first-order valence-corrected chi connectivity index (χ1v) is 5.81. The molecule has 0 aromatic heterocycles. The lowest BCUT2D eigenvalue weighted by atomic mass is 10.1. The number of nitrogens with one attached hydrogen (secondary N) is 1. The topological polar surface area (TPSA) is 18.5 Å². The molecule has 0 spiro atoms. The first-order valence-electron chi connectivity index (χ1n) is 5.81. The molecule has 84 valence electrons. The molecule has 0 saturated carbocycles. The van der Waals surface area contributed by atoms with Gasteiger partial charge in [-0.1, -0.05) is 6.92 Å². The van der Waals surface area contributed by atoms with Crippen molar-refractivity contribution in [1.82, 2.24) is 15.1 Å². The van der Waals surface area contributed by atoms with Gasteiger partial charge in [-0.3, -0.25) is 4.90 Å². The highest BCUT2D eigenvalue weighted by Gasteiger charge is 2.23. The minimum atomic E-state index is 0.602. The summed E-state index contributed by atoms with van der Waals surface area (Å²) in [4.78, 5) is 5.12. The van der Waals surface area contributed by atoms with Crippen LogP contribution in [0.25, 0.3) is 0 Å². The summed E-state index contributed by atoms with van der Waals surface area (Å²) >= 11 is 0. The number of hydrogen-bond donors (Lipinski definition) is 1. The van der Waals surface area contributed by atoms with Gasteiger partial charge in [0.15, 0.2) is 0 Å². The van der Waals surface area contributed by atoms with Gasteiger partial charge in [-0.15, -0.1) is 0 Å².